The van der Waals surface area contributed by atoms with Crippen molar-refractivity contribution in [2.75, 3.05) is 6.61 Å². The molecule has 0 aliphatic heterocycles. The Hall–Kier alpha value is 3.93. The summed E-state index contributed by atoms with van der Waals surface area (Å²) in [5.74, 6) is -1.73. The van der Waals surface area contributed by atoms with Crippen LogP contribution < -0.4 is 0 Å². The van der Waals surface area contributed by atoms with Gasteiger partial charge in [0.05, 0.1) is 6.61 Å². The third-order valence-electron chi connectivity index (χ3n) is 1.51. The molecular weight excluding hydrogens is 424 g/mol. The SMILES string of the molecule is O=C(O)[C@H](O)[C@@H](O)[C@H](O)[C@H](O)CO.O=P(O)(O)O.[CaH2].[CaH2].[CaH2].[MgH2]. The fraction of sp³-hybridized carbons (Fsp3) is 0.833. The standard InChI is InChI=1S/C6H12O7.3Ca.Mg.H3O4P.8H/c7-1-2(8)3(9)4(10)5(11)6(12)13;;;;;1-5(2,3)4;;;;;;;;/h2-5,7-11H,1H2,(H,12,13);;;;;(H3,1,2,3,4);;;;;;;;/t2-,3-,4+,5-;;;;;;;;;;;;;/m1............./s1. The van der Waals surface area contributed by atoms with Crippen LogP contribution in [-0.4, -0.2) is 219 Å². The van der Waals surface area contributed by atoms with E-state index >= 15 is 0 Å². The van der Waals surface area contributed by atoms with Gasteiger partial charge in [-0.2, -0.15) is 0 Å². The first-order valence-electron chi connectivity index (χ1n) is 4.26. The summed E-state index contributed by atoms with van der Waals surface area (Å²) in [6.07, 6.45) is -7.84. The second-order valence-corrected chi connectivity index (χ2v) is 4.05. The number of aliphatic carboxylic acids is 1. The number of aliphatic hydroxyl groups is 5. The number of rotatable bonds is 5. The molecule has 0 heterocycles. The molecule has 0 amide bonds. The maximum absolute atomic E-state index is 10.1. The fourth-order valence-electron chi connectivity index (χ4n) is 0.668. The van der Waals surface area contributed by atoms with Crippen molar-refractivity contribution >= 4 is 150 Å². The fourth-order valence-corrected chi connectivity index (χ4v) is 0.668. The van der Waals surface area contributed by atoms with E-state index in [1.807, 2.05) is 0 Å². The molecule has 0 aromatic carbocycles. The van der Waals surface area contributed by atoms with E-state index in [0.29, 0.717) is 0 Å². The van der Waals surface area contributed by atoms with Crippen molar-refractivity contribution < 1.29 is 54.7 Å². The first-order valence-corrected chi connectivity index (χ1v) is 5.82. The Bertz CT molecular complexity index is 297. The van der Waals surface area contributed by atoms with Gasteiger partial charge in [-0.15, -0.1) is 0 Å². The summed E-state index contributed by atoms with van der Waals surface area (Å²) in [6.45, 7) is -0.843. The van der Waals surface area contributed by atoms with Gasteiger partial charge in [-0.05, 0) is 0 Å². The Morgan fingerprint density at radius 1 is 0.909 bits per heavy atom. The molecule has 0 aliphatic rings. The minimum atomic E-state index is -4.64. The Balaban J connectivity index is -0.0000000627. The van der Waals surface area contributed by atoms with Crippen LogP contribution in [0.4, 0.5) is 0 Å². The van der Waals surface area contributed by atoms with Gasteiger partial charge in [-0.3, -0.25) is 0 Å². The first-order chi connectivity index (χ1) is 7.91. The average molecular weight is 447 g/mol. The van der Waals surface area contributed by atoms with E-state index in [9.17, 15) is 4.79 Å². The van der Waals surface area contributed by atoms with Crippen LogP contribution >= 0.6 is 7.82 Å². The number of phosphoric acid groups is 1. The maximum atomic E-state index is 10.1. The topological polar surface area (TPSA) is 216 Å². The van der Waals surface area contributed by atoms with Gasteiger partial charge in [0.2, 0.25) is 0 Å². The van der Waals surface area contributed by atoms with Gasteiger partial charge in [0, 0.05) is 0 Å². The third kappa shape index (κ3) is 26.2. The van der Waals surface area contributed by atoms with Gasteiger partial charge in [0.1, 0.15) is 18.3 Å². The molecule has 0 spiro atoms. The van der Waals surface area contributed by atoms with E-state index in [2.05, 4.69) is 0 Å². The van der Waals surface area contributed by atoms with Gasteiger partial charge in [0.15, 0.2) is 6.10 Å². The smallest absolute Gasteiger partial charge is 0.316 e. The van der Waals surface area contributed by atoms with Crippen molar-refractivity contribution in [2.24, 2.45) is 0 Å². The minimum Gasteiger partial charge on any atom is 0.316 e. The monoisotopic (exact) mass is 446 g/mol. The number of carbonyl (C=O) groups is 1. The second kappa shape index (κ2) is 21.2. The van der Waals surface area contributed by atoms with Crippen molar-refractivity contribution in [1.29, 1.82) is 0 Å². The Kier molecular flexibility index (Phi) is 39.1. The summed E-state index contributed by atoms with van der Waals surface area (Å²) in [5.41, 5.74) is 0. The molecule has 0 bridgehead atoms. The van der Waals surface area contributed by atoms with E-state index in [0.717, 1.165) is 0 Å². The molecule has 0 aliphatic carbocycles. The molecule has 0 aromatic rings. The normalized spacial score (nSPS) is 14.7. The predicted molar refractivity (Wildman–Crippen MR) is 87.2 cm³/mol. The third-order valence-corrected chi connectivity index (χ3v) is 1.51. The van der Waals surface area contributed by atoms with Crippen molar-refractivity contribution in [3.05, 3.63) is 0 Å². The zero-order valence-electron chi connectivity index (χ0n) is 8.81. The Morgan fingerprint density at radius 3 is 1.36 bits per heavy atom. The molecule has 0 fully saturated rings. The molecule has 4 atom stereocenters. The summed E-state index contributed by atoms with van der Waals surface area (Å²) < 4.78 is 8.88. The van der Waals surface area contributed by atoms with Crippen molar-refractivity contribution in [3.63, 3.8) is 0 Å². The molecule has 22 heavy (non-hydrogen) atoms. The summed E-state index contributed by atoms with van der Waals surface area (Å²) >= 11 is 0. The molecule has 9 N–H and O–H groups in total. The molecule has 16 heteroatoms. The number of carboxylic acids is 1. The van der Waals surface area contributed by atoms with Gasteiger partial charge in [0.25, 0.3) is 0 Å². The molecule has 126 valence electrons. The Morgan fingerprint density at radius 2 is 1.18 bits per heavy atom. The minimum absolute atomic E-state index is 0. The molecule has 0 radical (unpaired) electrons. The van der Waals surface area contributed by atoms with E-state index in [1.54, 1.807) is 0 Å². The summed E-state index contributed by atoms with van der Waals surface area (Å²) in [7, 11) is -4.64. The molecule has 11 nitrogen and oxygen atoms in total. The molecule has 0 saturated heterocycles. The van der Waals surface area contributed by atoms with E-state index in [-0.39, 0.29) is 136 Å². The Labute approximate surface area is 231 Å². The van der Waals surface area contributed by atoms with Gasteiger partial charge in [-0.25, -0.2) is 9.36 Å². The van der Waals surface area contributed by atoms with Crippen LogP contribution in [-0.2, 0) is 9.36 Å². The first kappa shape index (κ1) is 40.6. The van der Waals surface area contributed by atoms with Crippen LogP contribution in [0.1, 0.15) is 0 Å². The van der Waals surface area contributed by atoms with Crippen LogP contribution in [0.15, 0.2) is 0 Å². The molecular formula is C6H23Ca3MgO11P. The van der Waals surface area contributed by atoms with Crippen LogP contribution in [0.5, 0.6) is 0 Å². The zero-order valence-corrected chi connectivity index (χ0v) is 9.70. The molecule has 0 aromatic heterocycles. The number of hydrogen-bond acceptors (Lipinski definition) is 7. The van der Waals surface area contributed by atoms with E-state index in [1.165, 1.54) is 0 Å². The van der Waals surface area contributed by atoms with Crippen molar-refractivity contribution in [3.8, 4) is 0 Å². The second-order valence-electron chi connectivity index (χ2n) is 3.03. The van der Waals surface area contributed by atoms with Gasteiger partial charge < -0.3 is 45.3 Å². The van der Waals surface area contributed by atoms with Crippen LogP contribution in [0.25, 0.3) is 0 Å². The number of aliphatic hydroxyl groups excluding tert-OH is 5. The van der Waals surface area contributed by atoms with Crippen LogP contribution in [0.2, 0.25) is 0 Å². The zero-order chi connectivity index (χ0) is 15.1. The summed E-state index contributed by atoms with van der Waals surface area (Å²) in [4.78, 5) is 31.7. The van der Waals surface area contributed by atoms with Crippen molar-refractivity contribution in [2.45, 2.75) is 24.4 Å². The van der Waals surface area contributed by atoms with Crippen LogP contribution in [0.3, 0.4) is 0 Å². The largest absolute Gasteiger partial charge is 0.316 e. The average Bonchev–Trinajstić information content (AvgIpc) is 2.22. The predicted octanol–water partition coefficient (Wildman–Crippen LogP) is -8.09. The summed E-state index contributed by atoms with van der Waals surface area (Å²) in [6, 6.07) is 0. The number of carboxylic acid groups (broad SMARTS) is 1. The van der Waals surface area contributed by atoms with Crippen LogP contribution in [0, 0.1) is 0 Å². The van der Waals surface area contributed by atoms with E-state index < -0.39 is 44.8 Å². The maximum Gasteiger partial charge on any atom is 0.316 e. The quantitative estimate of drug-likeness (QED) is 0.143. The molecule has 0 unspecified atom stereocenters. The molecule has 0 rings (SSSR count). The van der Waals surface area contributed by atoms with Gasteiger partial charge in [-0.1, -0.05) is 0 Å². The molecule has 0 saturated carbocycles. The van der Waals surface area contributed by atoms with E-state index in [4.69, 9.17) is 49.9 Å². The summed E-state index contributed by atoms with van der Waals surface area (Å²) in [5, 5.41) is 51.8. The van der Waals surface area contributed by atoms with Crippen molar-refractivity contribution in [1.82, 2.24) is 0 Å². The van der Waals surface area contributed by atoms with Gasteiger partial charge >= 0.3 is 150 Å². The number of hydrogen-bond donors (Lipinski definition) is 9.